The molecule has 3 amide bonds. The topological polar surface area (TPSA) is 61.4 Å². The molecule has 8 heteroatoms. The van der Waals surface area contributed by atoms with Crippen molar-refractivity contribution in [2.45, 2.75) is 18.6 Å². The van der Waals surface area contributed by atoms with E-state index in [1.54, 1.807) is 24.3 Å². The Hall–Kier alpha value is -3.03. The standard InChI is InChI=1S/C19H18F3N3O2/c20-19(21,22)14-8-4-5-9-15(14)24-18(27)25-11-10-23-17(26)12-16(25)13-6-2-1-3-7-13/h1-9,16H,10-12H2,(H,23,26)(H,24,27). The molecule has 1 atom stereocenters. The van der Waals surface area contributed by atoms with Crippen molar-refractivity contribution in [2.75, 3.05) is 18.4 Å². The lowest BCUT2D eigenvalue weighted by Crippen LogP contribution is -2.39. The maximum Gasteiger partial charge on any atom is 0.418 e. The normalized spacial score (nSPS) is 17.8. The summed E-state index contributed by atoms with van der Waals surface area (Å²) in [6.07, 6.45) is -4.54. The number of rotatable bonds is 2. The number of hydrogen-bond donors (Lipinski definition) is 2. The van der Waals surface area contributed by atoms with Gasteiger partial charge in [-0.1, -0.05) is 42.5 Å². The van der Waals surface area contributed by atoms with Gasteiger partial charge >= 0.3 is 12.2 Å². The van der Waals surface area contributed by atoms with Gasteiger partial charge in [-0.05, 0) is 17.7 Å². The minimum atomic E-state index is -4.58. The van der Waals surface area contributed by atoms with Gasteiger partial charge in [0.15, 0.2) is 0 Å². The van der Waals surface area contributed by atoms with Crippen LogP contribution in [0.4, 0.5) is 23.7 Å². The van der Waals surface area contributed by atoms with E-state index in [-0.39, 0.29) is 31.1 Å². The number of halogens is 3. The van der Waals surface area contributed by atoms with Crippen molar-refractivity contribution in [3.63, 3.8) is 0 Å². The summed E-state index contributed by atoms with van der Waals surface area (Å²) in [4.78, 5) is 26.1. The summed E-state index contributed by atoms with van der Waals surface area (Å²) < 4.78 is 39.5. The Morgan fingerprint density at radius 2 is 1.74 bits per heavy atom. The Balaban J connectivity index is 1.89. The molecule has 1 aliphatic rings. The van der Waals surface area contributed by atoms with Crippen molar-refractivity contribution < 1.29 is 22.8 Å². The Labute approximate surface area is 154 Å². The van der Waals surface area contributed by atoms with Crippen molar-refractivity contribution in [2.24, 2.45) is 0 Å². The van der Waals surface area contributed by atoms with Crippen LogP contribution in [0.3, 0.4) is 0 Å². The van der Waals surface area contributed by atoms with Crippen LogP contribution < -0.4 is 10.6 Å². The van der Waals surface area contributed by atoms with E-state index in [1.807, 2.05) is 6.07 Å². The van der Waals surface area contributed by atoms with Crippen molar-refractivity contribution >= 4 is 17.6 Å². The van der Waals surface area contributed by atoms with Gasteiger partial charge in [0.1, 0.15) is 0 Å². The Bertz CT molecular complexity index is 824. The minimum absolute atomic E-state index is 0.0400. The number of nitrogens with one attached hydrogen (secondary N) is 2. The second kappa shape index (κ2) is 7.69. The molecular weight excluding hydrogens is 359 g/mol. The highest BCUT2D eigenvalue weighted by atomic mass is 19.4. The van der Waals surface area contributed by atoms with Crippen LogP contribution in [-0.4, -0.2) is 29.9 Å². The number of urea groups is 1. The third-order valence-electron chi connectivity index (χ3n) is 4.35. The highest BCUT2D eigenvalue weighted by molar-refractivity contribution is 5.91. The molecule has 27 heavy (non-hydrogen) atoms. The molecule has 142 valence electrons. The lowest BCUT2D eigenvalue weighted by Gasteiger charge is -2.30. The Morgan fingerprint density at radius 3 is 2.44 bits per heavy atom. The quantitative estimate of drug-likeness (QED) is 0.836. The molecule has 1 saturated heterocycles. The van der Waals surface area contributed by atoms with Gasteiger partial charge in [0.05, 0.1) is 23.7 Å². The first kappa shape index (κ1) is 18.8. The summed E-state index contributed by atoms with van der Waals surface area (Å²) in [5.41, 5.74) is -0.488. The summed E-state index contributed by atoms with van der Waals surface area (Å²) in [6, 6.07) is 12.5. The molecule has 2 aromatic rings. The van der Waals surface area contributed by atoms with E-state index in [0.29, 0.717) is 0 Å². The van der Waals surface area contributed by atoms with Gasteiger partial charge in [-0.2, -0.15) is 13.2 Å². The minimum Gasteiger partial charge on any atom is -0.354 e. The number of benzene rings is 2. The predicted molar refractivity (Wildman–Crippen MR) is 94.0 cm³/mol. The maximum absolute atomic E-state index is 13.2. The van der Waals surface area contributed by atoms with Gasteiger partial charge in [-0.3, -0.25) is 4.79 Å². The van der Waals surface area contributed by atoms with Crippen LogP contribution in [0, 0.1) is 0 Å². The molecular formula is C19H18F3N3O2. The molecule has 2 aromatic carbocycles. The summed E-state index contributed by atoms with van der Waals surface area (Å²) >= 11 is 0. The van der Waals surface area contributed by atoms with Crippen LogP contribution in [0.2, 0.25) is 0 Å². The van der Waals surface area contributed by atoms with Gasteiger partial charge in [0.2, 0.25) is 5.91 Å². The maximum atomic E-state index is 13.2. The van der Waals surface area contributed by atoms with Crippen LogP contribution >= 0.6 is 0 Å². The third kappa shape index (κ3) is 4.39. The molecule has 2 N–H and O–H groups in total. The number of alkyl halides is 3. The zero-order valence-corrected chi connectivity index (χ0v) is 14.3. The monoisotopic (exact) mass is 377 g/mol. The van der Waals surface area contributed by atoms with E-state index in [4.69, 9.17) is 0 Å². The van der Waals surface area contributed by atoms with Gasteiger partial charge in [0, 0.05) is 13.1 Å². The van der Waals surface area contributed by atoms with Crippen molar-refractivity contribution in [3.05, 3.63) is 65.7 Å². The van der Waals surface area contributed by atoms with Crippen molar-refractivity contribution in [1.29, 1.82) is 0 Å². The lowest BCUT2D eigenvalue weighted by atomic mass is 10.0. The fourth-order valence-corrected chi connectivity index (χ4v) is 3.07. The first-order valence-electron chi connectivity index (χ1n) is 8.42. The van der Waals surface area contributed by atoms with E-state index < -0.39 is 23.8 Å². The average molecular weight is 377 g/mol. The number of carbonyl (C=O) groups is 2. The largest absolute Gasteiger partial charge is 0.418 e. The zero-order chi connectivity index (χ0) is 19.4. The van der Waals surface area contributed by atoms with E-state index in [9.17, 15) is 22.8 Å². The highest BCUT2D eigenvalue weighted by Gasteiger charge is 2.35. The first-order valence-corrected chi connectivity index (χ1v) is 8.42. The molecule has 3 rings (SSSR count). The van der Waals surface area contributed by atoms with Crippen molar-refractivity contribution in [1.82, 2.24) is 10.2 Å². The van der Waals surface area contributed by atoms with Gasteiger partial charge < -0.3 is 15.5 Å². The number of anilines is 1. The summed E-state index contributed by atoms with van der Waals surface area (Å²) in [5.74, 6) is -0.213. The first-order chi connectivity index (χ1) is 12.9. The Morgan fingerprint density at radius 1 is 1.07 bits per heavy atom. The Kier molecular flexibility index (Phi) is 5.34. The molecule has 1 unspecified atom stereocenters. The fourth-order valence-electron chi connectivity index (χ4n) is 3.07. The zero-order valence-electron chi connectivity index (χ0n) is 14.3. The average Bonchev–Trinajstić information content (AvgIpc) is 2.83. The molecule has 1 fully saturated rings. The van der Waals surface area contributed by atoms with Crippen LogP contribution in [0.1, 0.15) is 23.6 Å². The van der Waals surface area contributed by atoms with E-state index in [1.165, 1.54) is 23.1 Å². The molecule has 0 saturated carbocycles. The highest BCUT2D eigenvalue weighted by Crippen LogP contribution is 2.35. The lowest BCUT2D eigenvalue weighted by molar-refractivity contribution is -0.137. The molecule has 5 nitrogen and oxygen atoms in total. The molecule has 0 radical (unpaired) electrons. The summed E-state index contributed by atoms with van der Waals surface area (Å²) in [7, 11) is 0. The van der Waals surface area contributed by atoms with Crippen LogP contribution in [-0.2, 0) is 11.0 Å². The number of hydrogen-bond acceptors (Lipinski definition) is 2. The predicted octanol–water partition coefficient (Wildman–Crippen LogP) is 3.80. The second-order valence-electron chi connectivity index (χ2n) is 6.15. The van der Waals surface area contributed by atoms with Crippen LogP contribution in [0.25, 0.3) is 0 Å². The molecule has 0 aromatic heterocycles. The van der Waals surface area contributed by atoms with Crippen molar-refractivity contribution in [3.8, 4) is 0 Å². The smallest absolute Gasteiger partial charge is 0.354 e. The molecule has 1 aliphatic heterocycles. The molecule has 0 spiro atoms. The third-order valence-corrected chi connectivity index (χ3v) is 4.35. The SMILES string of the molecule is O=C1CC(c2ccccc2)N(C(=O)Nc2ccccc2C(F)(F)F)CCN1. The van der Waals surface area contributed by atoms with E-state index in [2.05, 4.69) is 10.6 Å². The molecule has 0 aliphatic carbocycles. The number of carbonyl (C=O) groups excluding carboxylic acids is 2. The summed E-state index contributed by atoms with van der Waals surface area (Å²) in [6.45, 7) is 0.418. The number of amides is 3. The summed E-state index contributed by atoms with van der Waals surface area (Å²) in [5, 5.41) is 5.05. The van der Waals surface area contributed by atoms with Gasteiger partial charge in [-0.15, -0.1) is 0 Å². The van der Waals surface area contributed by atoms with E-state index >= 15 is 0 Å². The van der Waals surface area contributed by atoms with E-state index in [0.717, 1.165) is 11.6 Å². The number of para-hydroxylation sites is 1. The number of nitrogens with zero attached hydrogens (tertiary/aromatic N) is 1. The van der Waals surface area contributed by atoms with Crippen LogP contribution in [0.5, 0.6) is 0 Å². The van der Waals surface area contributed by atoms with Gasteiger partial charge in [-0.25, -0.2) is 4.79 Å². The second-order valence-corrected chi connectivity index (χ2v) is 6.15. The fraction of sp³-hybridized carbons (Fsp3) is 0.263. The molecule has 1 heterocycles. The molecule has 0 bridgehead atoms. The van der Waals surface area contributed by atoms with Gasteiger partial charge in [0.25, 0.3) is 0 Å². The van der Waals surface area contributed by atoms with Crippen LogP contribution in [0.15, 0.2) is 54.6 Å².